The number of hydrogen-bond acceptors (Lipinski definition) is 4. The van der Waals surface area contributed by atoms with Crippen molar-refractivity contribution in [1.29, 1.82) is 0 Å². The van der Waals surface area contributed by atoms with Crippen LogP contribution in [0.5, 0.6) is 5.88 Å². The van der Waals surface area contributed by atoms with Gasteiger partial charge in [0.05, 0.1) is 7.11 Å². The van der Waals surface area contributed by atoms with Gasteiger partial charge in [-0.25, -0.2) is 4.98 Å². The fraction of sp³-hybridized carbons (Fsp3) is 0.462. The van der Waals surface area contributed by atoms with Gasteiger partial charge in [0.25, 0.3) is 0 Å². The molecule has 0 spiro atoms. The van der Waals surface area contributed by atoms with Crippen molar-refractivity contribution in [2.24, 2.45) is 0 Å². The smallest absolute Gasteiger partial charge is 0.303 e. The molecule has 0 saturated carbocycles. The quantitative estimate of drug-likeness (QED) is 0.693. The summed E-state index contributed by atoms with van der Waals surface area (Å²) in [6, 6.07) is 3.55. The van der Waals surface area contributed by atoms with E-state index >= 15 is 0 Å². The number of pyridine rings is 1. The molecule has 0 aromatic carbocycles. The van der Waals surface area contributed by atoms with E-state index in [2.05, 4.69) is 10.3 Å². The molecule has 1 aromatic heterocycles. The van der Waals surface area contributed by atoms with Crippen LogP contribution >= 0.6 is 0 Å². The highest BCUT2D eigenvalue weighted by Crippen LogP contribution is 2.08. The second-order valence-electron chi connectivity index (χ2n) is 4.08. The van der Waals surface area contributed by atoms with Crippen molar-refractivity contribution in [1.82, 2.24) is 10.3 Å². The van der Waals surface area contributed by atoms with Crippen LogP contribution < -0.4 is 10.1 Å². The van der Waals surface area contributed by atoms with Crippen LogP contribution in [0.25, 0.3) is 0 Å². The molecule has 6 heteroatoms. The number of carbonyl (C=O) groups excluding carboxylic acids is 1. The van der Waals surface area contributed by atoms with Crippen molar-refractivity contribution < 1.29 is 19.4 Å². The van der Waals surface area contributed by atoms with Crippen LogP contribution in [0.4, 0.5) is 0 Å². The number of carboxylic acids is 1. The number of aliphatic carboxylic acids is 1. The van der Waals surface area contributed by atoms with Crippen LogP contribution in [-0.4, -0.2) is 29.1 Å². The first-order valence-corrected chi connectivity index (χ1v) is 6.09. The Morgan fingerprint density at radius 1 is 1.37 bits per heavy atom. The van der Waals surface area contributed by atoms with Crippen LogP contribution in [0.2, 0.25) is 0 Å². The van der Waals surface area contributed by atoms with E-state index in [9.17, 15) is 9.59 Å². The minimum absolute atomic E-state index is 0.0823. The highest BCUT2D eigenvalue weighted by molar-refractivity contribution is 5.75. The summed E-state index contributed by atoms with van der Waals surface area (Å²) in [5, 5.41) is 11.2. The largest absolute Gasteiger partial charge is 0.481 e. The molecule has 0 fully saturated rings. The third-order valence-electron chi connectivity index (χ3n) is 2.54. The topological polar surface area (TPSA) is 88.5 Å². The zero-order valence-electron chi connectivity index (χ0n) is 10.9. The summed E-state index contributed by atoms with van der Waals surface area (Å²) >= 11 is 0. The van der Waals surface area contributed by atoms with Gasteiger partial charge in [0, 0.05) is 31.6 Å². The fourth-order valence-corrected chi connectivity index (χ4v) is 1.52. The molecule has 0 unspecified atom stereocenters. The summed E-state index contributed by atoms with van der Waals surface area (Å²) < 4.78 is 4.98. The van der Waals surface area contributed by atoms with Gasteiger partial charge in [-0.05, 0) is 24.5 Å². The Morgan fingerprint density at radius 2 is 2.11 bits per heavy atom. The third kappa shape index (κ3) is 6.40. The van der Waals surface area contributed by atoms with Crippen molar-refractivity contribution >= 4 is 11.9 Å². The molecular weight excluding hydrogens is 248 g/mol. The highest BCUT2D eigenvalue weighted by Gasteiger charge is 2.03. The molecule has 0 bridgehead atoms. The molecule has 1 rings (SSSR count). The average molecular weight is 266 g/mol. The minimum atomic E-state index is -0.829. The van der Waals surface area contributed by atoms with Crippen LogP contribution in [0, 0.1) is 0 Å². The summed E-state index contributed by atoms with van der Waals surface area (Å²) in [5.74, 6) is -0.404. The van der Waals surface area contributed by atoms with E-state index in [4.69, 9.17) is 9.84 Å². The Kier molecular flexibility index (Phi) is 6.35. The van der Waals surface area contributed by atoms with E-state index < -0.39 is 5.97 Å². The number of methoxy groups -OCH3 is 1. The number of amides is 1. The number of nitrogens with one attached hydrogen (secondary N) is 1. The second kappa shape index (κ2) is 8.07. The zero-order valence-corrected chi connectivity index (χ0v) is 10.9. The monoisotopic (exact) mass is 266 g/mol. The van der Waals surface area contributed by atoms with Gasteiger partial charge in [-0.2, -0.15) is 0 Å². The van der Waals surface area contributed by atoms with Crippen LogP contribution in [0.1, 0.15) is 31.2 Å². The van der Waals surface area contributed by atoms with Gasteiger partial charge in [-0.15, -0.1) is 0 Å². The van der Waals surface area contributed by atoms with E-state index in [0.717, 1.165) is 5.56 Å². The first-order chi connectivity index (χ1) is 9.11. The molecule has 1 heterocycles. The Morgan fingerprint density at radius 3 is 2.79 bits per heavy atom. The van der Waals surface area contributed by atoms with Gasteiger partial charge in [-0.1, -0.05) is 0 Å². The number of carboxylic acid groups (broad SMARTS) is 1. The molecule has 2 N–H and O–H groups in total. The molecule has 0 aliphatic carbocycles. The van der Waals surface area contributed by atoms with E-state index in [1.807, 2.05) is 0 Å². The lowest BCUT2D eigenvalue weighted by Gasteiger charge is -2.06. The maximum Gasteiger partial charge on any atom is 0.303 e. The molecule has 1 amide bonds. The summed E-state index contributed by atoms with van der Waals surface area (Å²) in [5.41, 5.74) is 0.908. The zero-order chi connectivity index (χ0) is 14.1. The molecule has 104 valence electrons. The maximum atomic E-state index is 11.5. The van der Waals surface area contributed by atoms with Gasteiger partial charge >= 0.3 is 5.97 Å². The maximum absolute atomic E-state index is 11.5. The lowest BCUT2D eigenvalue weighted by Crippen LogP contribution is -2.22. The average Bonchev–Trinajstić information content (AvgIpc) is 2.41. The second-order valence-corrected chi connectivity index (χ2v) is 4.08. The Balaban J connectivity index is 2.24. The lowest BCUT2D eigenvalue weighted by atomic mass is 10.2. The summed E-state index contributed by atoms with van der Waals surface area (Å²) in [4.78, 5) is 25.8. The number of aromatic nitrogens is 1. The molecule has 0 saturated heterocycles. The molecule has 19 heavy (non-hydrogen) atoms. The SMILES string of the molecule is COc1cc(CNC(=O)CCCCC(=O)O)ccn1. The van der Waals surface area contributed by atoms with Gasteiger partial charge in [0.1, 0.15) is 0 Å². The first-order valence-electron chi connectivity index (χ1n) is 6.09. The molecule has 6 nitrogen and oxygen atoms in total. The predicted octanol–water partition coefficient (Wildman–Crippen LogP) is 1.35. The van der Waals surface area contributed by atoms with Gasteiger partial charge in [0.2, 0.25) is 11.8 Å². The number of carbonyl (C=O) groups is 2. The molecule has 0 atom stereocenters. The number of hydrogen-bond donors (Lipinski definition) is 2. The Bertz CT molecular complexity index is 434. The van der Waals surface area contributed by atoms with Crippen molar-refractivity contribution in [3.63, 3.8) is 0 Å². The van der Waals surface area contributed by atoms with Crippen molar-refractivity contribution in [3.8, 4) is 5.88 Å². The van der Waals surface area contributed by atoms with Crippen molar-refractivity contribution in [3.05, 3.63) is 23.9 Å². The van der Waals surface area contributed by atoms with Gasteiger partial charge in [-0.3, -0.25) is 9.59 Å². The fourth-order valence-electron chi connectivity index (χ4n) is 1.52. The highest BCUT2D eigenvalue weighted by atomic mass is 16.5. The first kappa shape index (κ1) is 14.9. The van der Waals surface area contributed by atoms with Crippen LogP contribution in [0.15, 0.2) is 18.3 Å². The number of nitrogens with zero attached hydrogens (tertiary/aromatic N) is 1. The van der Waals surface area contributed by atoms with Crippen LogP contribution in [-0.2, 0) is 16.1 Å². The Labute approximate surface area is 111 Å². The molecule has 0 radical (unpaired) electrons. The normalized spacial score (nSPS) is 9.95. The summed E-state index contributed by atoms with van der Waals surface area (Å²) in [7, 11) is 1.53. The summed E-state index contributed by atoms with van der Waals surface area (Å²) in [6.07, 6.45) is 3.17. The number of rotatable bonds is 8. The minimum Gasteiger partial charge on any atom is -0.481 e. The van der Waals surface area contributed by atoms with Crippen molar-refractivity contribution in [2.45, 2.75) is 32.2 Å². The third-order valence-corrected chi connectivity index (χ3v) is 2.54. The predicted molar refractivity (Wildman–Crippen MR) is 68.7 cm³/mol. The molecule has 0 aliphatic heterocycles. The standard InChI is InChI=1S/C13H18N2O4/c1-19-12-8-10(6-7-14-12)9-15-11(16)4-2-3-5-13(17)18/h6-8H,2-5,9H2,1H3,(H,15,16)(H,17,18). The van der Waals surface area contributed by atoms with Crippen molar-refractivity contribution in [2.75, 3.05) is 7.11 Å². The number of unbranched alkanes of at least 4 members (excludes halogenated alkanes) is 1. The Hall–Kier alpha value is -2.11. The van der Waals surface area contributed by atoms with E-state index in [1.165, 1.54) is 7.11 Å². The van der Waals surface area contributed by atoms with Gasteiger partial charge < -0.3 is 15.2 Å². The van der Waals surface area contributed by atoms with Crippen LogP contribution in [0.3, 0.4) is 0 Å². The van der Waals surface area contributed by atoms with Gasteiger partial charge in [0.15, 0.2) is 0 Å². The molecular formula is C13H18N2O4. The molecule has 0 aliphatic rings. The van der Waals surface area contributed by atoms with E-state index in [1.54, 1.807) is 18.3 Å². The lowest BCUT2D eigenvalue weighted by molar-refractivity contribution is -0.137. The molecule has 1 aromatic rings. The number of ether oxygens (including phenoxy) is 1. The summed E-state index contributed by atoms with van der Waals surface area (Å²) in [6.45, 7) is 0.413. The van der Waals surface area contributed by atoms with E-state index in [0.29, 0.717) is 31.7 Å². The van der Waals surface area contributed by atoms with E-state index in [-0.39, 0.29) is 12.3 Å².